The van der Waals surface area contributed by atoms with Crippen LogP contribution in [0, 0.1) is 0 Å². The first-order valence-corrected chi connectivity index (χ1v) is 7.94. The molecule has 0 saturated carbocycles. The van der Waals surface area contributed by atoms with E-state index in [1.165, 1.54) is 0 Å². The number of esters is 1. The van der Waals surface area contributed by atoms with Crippen molar-refractivity contribution in [3.8, 4) is 23.0 Å². The average molecular weight is 372 g/mol. The molecule has 0 aromatic heterocycles. The zero-order chi connectivity index (χ0) is 18.4. The van der Waals surface area contributed by atoms with Gasteiger partial charge in [0, 0.05) is 6.07 Å². The summed E-state index contributed by atoms with van der Waals surface area (Å²) >= 11 is 0. The predicted octanol–water partition coefficient (Wildman–Crippen LogP) is 4.68. The van der Waals surface area contributed by atoms with Gasteiger partial charge in [0.05, 0.1) is 5.56 Å². The van der Waals surface area contributed by atoms with Crippen molar-refractivity contribution in [2.24, 2.45) is 0 Å². The van der Waals surface area contributed by atoms with Gasteiger partial charge in [-0.3, -0.25) is 0 Å². The normalized spacial score (nSPS) is 14.5. The Hall–Kier alpha value is -2.69. The molecule has 0 aliphatic heterocycles. The van der Waals surface area contributed by atoms with E-state index in [0.717, 1.165) is 6.07 Å². The van der Waals surface area contributed by atoms with E-state index >= 15 is 0 Å². The van der Waals surface area contributed by atoms with Crippen LogP contribution in [0.15, 0.2) is 41.3 Å². The molecule has 0 spiro atoms. The van der Waals surface area contributed by atoms with Crippen LogP contribution in [0.4, 0.5) is 19.4 Å². The molecule has 0 radical (unpaired) electrons. The Morgan fingerprint density at radius 3 is 1.96 bits per heavy atom. The second kappa shape index (κ2) is 4.66. The quantitative estimate of drug-likeness (QED) is 0.315. The predicted molar refractivity (Wildman–Crippen MR) is 74.2 cm³/mol. The molecule has 2 rings (SSSR count). The minimum Gasteiger partial charge on any atom is -0.504 e. The Kier molecular flexibility index (Phi) is 3.43. The summed E-state index contributed by atoms with van der Waals surface area (Å²) in [6.45, 7) is 0. The molecule has 24 heavy (non-hydrogen) atoms. The summed E-state index contributed by atoms with van der Waals surface area (Å²) in [7, 11) is -9.94. The number of phenols is 3. The van der Waals surface area contributed by atoms with Gasteiger partial charge >= 0.3 is 16.2 Å². The molecule has 3 N–H and O–H groups in total. The summed E-state index contributed by atoms with van der Waals surface area (Å²) < 4.78 is 68.0. The maximum atomic E-state index is 12.7. The number of hydrogen-bond donors (Lipinski definition) is 3. The summed E-state index contributed by atoms with van der Waals surface area (Å²) in [4.78, 5) is 9.53. The maximum absolute atomic E-state index is 12.7. The summed E-state index contributed by atoms with van der Waals surface area (Å²) in [6, 6.07) is 2.90. The highest BCUT2D eigenvalue weighted by Crippen LogP contribution is 3.02. The third-order valence-corrected chi connectivity index (χ3v) is 3.91. The Morgan fingerprint density at radius 1 is 0.917 bits per heavy atom. The number of benzene rings is 2. The van der Waals surface area contributed by atoms with Gasteiger partial charge in [0.15, 0.2) is 17.2 Å². The van der Waals surface area contributed by atoms with E-state index in [2.05, 4.69) is 4.74 Å². The van der Waals surface area contributed by atoms with Crippen molar-refractivity contribution in [2.75, 3.05) is 0 Å². The fourth-order valence-corrected chi connectivity index (χ4v) is 2.34. The van der Waals surface area contributed by atoms with E-state index in [1.54, 1.807) is 0 Å². The van der Waals surface area contributed by atoms with Crippen molar-refractivity contribution in [1.29, 1.82) is 0 Å². The van der Waals surface area contributed by atoms with Crippen LogP contribution in [0.25, 0.3) is 0 Å². The van der Waals surface area contributed by atoms with Crippen molar-refractivity contribution in [3.63, 3.8) is 0 Å². The van der Waals surface area contributed by atoms with E-state index in [-0.39, 0.29) is 12.1 Å². The van der Waals surface area contributed by atoms with E-state index in [1.807, 2.05) is 0 Å². The molecule has 0 amide bonds. The number of halogens is 5. The van der Waals surface area contributed by atoms with Crippen molar-refractivity contribution in [1.82, 2.24) is 0 Å². The van der Waals surface area contributed by atoms with Crippen LogP contribution in [-0.4, -0.2) is 21.3 Å². The zero-order valence-corrected chi connectivity index (χ0v) is 12.2. The van der Waals surface area contributed by atoms with Crippen molar-refractivity contribution in [2.45, 2.75) is 4.90 Å². The first-order valence-electron chi connectivity index (χ1n) is 5.98. The van der Waals surface area contributed by atoms with Gasteiger partial charge in [0.1, 0.15) is 10.6 Å². The van der Waals surface area contributed by atoms with Crippen LogP contribution in [0.5, 0.6) is 23.0 Å². The topological polar surface area (TPSA) is 87.0 Å². The van der Waals surface area contributed by atoms with Gasteiger partial charge in [-0.25, -0.2) is 4.79 Å². The summed E-state index contributed by atoms with van der Waals surface area (Å²) in [5, 5.41) is 27.6. The maximum Gasteiger partial charge on any atom is 0.343 e. The molecule has 0 unspecified atom stereocenters. The van der Waals surface area contributed by atoms with Crippen molar-refractivity contribution < 1.29 is 44.3 Å². The van der Waals surface area contributed by atoms with Crippen LogP contribution in [0.2, 0.25) is 0 Å². The highest BCUT2D eigenvalue weighted by Gasteiger charge is 2.65. The first-order chi connectivity index (χ1) is 10.7. The van der Waals surface area contributed by atoms with E-state index in [4.69, 9.17) is 5.11 Å². The lowest BCUT2D eigenvalue weighted by atomic mass is 10.2. The largest absolute Gasteiger partial charge is 0.504 e. The zero-order valence-electron chi connectivity index (χ0n) is 11.4. The van der Waals surface area contributed by atoms with Gasteiger partial charge < -0.3 is 20.1 Å². The Balaban J connectivity index is 2.35. The van der Waals surface area contributed by atoms with E-state index < -0.39 is 49.7 Å². The Morgan fingerprint density at radius 2 is 1.46 bits per heavy atom. The number of aromatic hydroxyl groups is 3. The second-order valence-corrected chi connectivity index (χ2v) is 7.11. The summed E-state index contributed by atoms with van der Waals surface area (Å²) in [6.07, 6.45) is 0. The van der Waals surface area contributed by atoms with Gasteiger partial charge in [0.25, 0.3) is 0 Å². The third-order valence-electron chi connectivity index (χ3n) is 2.77. The summed E-state index contributed by atoms with van der Waals surface area (Å²) in [5.41, 5.74) is -0.527. The molecule has 0 fully saturated rings. The molecule has 0 atom stereocenters. The smallest absolute Gasteiger partial charge is 0.343 e. The molecule has 2 aromatic carbocycles. The number of carbonyl (C=O) groups excluding carboxylic acids is 1. The van der Waals surface area contributed by atoms with Crippen molar-refractivity contribution >= 4 is 16.2 Å². The molecule has 132 valence electrons. The number of ether oxygens (including phenoxy) is 1. The van der Waals surface area contributed by atoms with Crippen LogP contribution in [0.3, 0.4) is 0 Å². The van der Waals surface area contributed by atoms with Crippen LogP contribution < -0.4 is 4.74 Å². The fraction of sp³-hybridized carbons (Fsp3) is 0. The molecule has 0 aliphatic rings. The van der Waals surface area contributed by atoms with Crippen LogP contribution in [-0.2, 0) is 0 Å². The minimum atomic E-state index is -9.94. The van der Waals surface area contributed by atoms with E-state index in [0.29, 0.717) is 18.2 Å². The number of carbonyl (C=O) groups is 1. The van der Waals surface area contributed by atoms with E-state index in [9.17, 15) is 34.4 Å². The third kappa shape index (κ3) is 3.79. The van der Waals surface area contributed by atoms with Crippen LogP contribution >= 0.6 is 10.2 Å². The van der Waals surface area contributed by atoms with Gasteiger partial charge in [0.2, 0.25) is 0 Å². The molecule has 5 nitrogen and oxygen atoms in total. The molecule has 0 aliphatic carbocycles. The SMILES string of the molecule is O=C(Oc1cccc(S(F)(F)(F)(F)F)c1)c1cc(O)c(O)c(O)c1. The first kappa shape index (κ1) is 17.7. The monoisotopic (exact) mass is 372 g/mol. The number of phenolic OH excluding ortho intramolecular Hbond substituents is 3. The van der Waals surface area contributed by atoms with Gasteiger partial charge in [-0.2, -0.15) is 0 Å². The lowest BCUT2D eigenvalue weighted by Gasteiger charge is -2.40. The van der Waals surface area contributed by atoms with Crippen LogP contribution in [0.1, 0.15) is 10.4 Å². The molecule has 2 aromatic rings. The molecule has 11 heteroatoms. The van der Waals surface area contributed by atoms with Gasteiger partial charge in [-0.05, 0) is 24.3 Å². The Labute approximate surface area is 131 Å². The second-order valence-electron chi connectivity index (χ2n) is 4.70. The number of rotatable bonds is 3. The standard InChI is InChI=1S/C13H9F5O5S/c14-24(15,16,17,18)9-3-1-2-8(6-9)23-13(22)7-4-10(19)12(21)11(20)5-7/h1-6,19-21H. The lowest BCUT2D eigenvalue weighted by Crippen LogP contribution is -2.10. The highest BCUT2D eigenvalue weighted by molar-refractivity contribution is 8.45. The number of hydrogen-bond acceptors (Lipinski definition) is 5. The fourth-order valence-electron chi connectivity index (χ4n) is 1.67. The molecule has 0 bridgehead atoms. The van der Waals surface area contributed by atoms with Gasteiger partial charge in [-0.15, -0.1) is 0 Å². The minimum absolute atomic E-state index is 0.0421. The lowest BCUT2D eigenvalue weighted by molar-refractivity contribution is 0.0733. The molecule has 0 heterocycles. The Bertz CT molecular complexity index is 812. The highest BCUT2D eigenvalue weighted by atomic mass is 32.5. The van der Waals surface area contributed by atoms with Crippen molar-refractivity contribution in [3.05, 3.63) is 42.0 Å². The molecule has 0 saturated heterocycles. The molecular weight excluding hydrogens is 363 g/mol. The average Bonchev–Trinajstić information content (AvgIpc) is 2.42. The summed E-state index contributed by atoms with van der Waals surface area (Å²) in [5.74, 6) is -4.86. The van der Waals surface area contributed by atoms with Gasteiger partial charge in [-0.1, -0.05) is 25.5 Å². The molecular formula is C13H9F5O5S.